The van der Waals surface area contributed by atoms with Gasteiger partial charge >= 0.3 is 12.0 Å². The SMILES string of the molecule is C=CCC(COC(=O)CCC)C(=O)N(Cc1ccco1)C(=O)n1ccnc1. The Hall–Kier alpha value is -3.16. The summed E-state index contributed by atoms with van der Waals surface area (Å²) in [5.41, 5.74) is 0. The van der Waals surface area contributed by atoms with E-state index in [-0.39, 0.29) is 32.0 Å². The van der Waals surface area contributed by atoms with Crippen LogP contribution in [0.25, 0.3) is 0 Å². The molecule has 0 aromatic carbocycles. The van der Waals surface area contributed by atoms with E-state index in [0.717, 1.165) is 4.90 Å². The third-order valence-corrected chi connectivity index (χ3v) is 3.82. The van der Waals surface area contributed by atoms with E-state index in [0.29, 0.717) is 12.2 Å². The third-order valence-electron chi connectivity index (χ3n) is 3.82. The molecule has 8 nitrogen and oxygen atoms in total. The molecule has 1 atom stereocenters. The van der Waals surface area contributed by atoms with Crippen LogP contribution >= 0.6 is 0 Å². The van der Waals surface area contributed by atoms with Gasteiger partial charge in [0.25, 0.3) is 0 Å². The molecule has 27 heavy (non-hydrogen) atoms. The third kappa shape index (κ3) is 5.67. The Kier molecular flexibility index (Phi) is 7.54. The molecule has 0 radical (unpaired) electrons. The Morgan fingerprint density at radius 3 is 2.85 bits per heavy atom. The van der Waals surface area contributed by atoms with Crippen LogP contribution in [0.2, 0.25) is 0 Å². The highest BCUT2D eigenvalue weighted by atomic mass is 16.5. The summed E-state index contributed by atoms with van der Waals surface area (Å²) in [5, 5.41) is 0. The number of furan rings is 1. The summed E-state index contributed by atoms with van der Waals surface area (Å²) < 4.78 is 11.7. The molecule has 0 saturated heterocycles. The van der Waals surface area contributed by atoms with Crippen molar-refractivity contribution in [1.82, 2.24) is 14.5 Å². The Morgan fingerprint density at radius 2 is 2.26 bits per heavy atom. The van der Waals surface area contributed by atoms with Crippen LogP contribution in [0.15, 0.2) is 54.2 Å². The van der Waals surface area contributed by atoms with Gasteiger partial charge in [0.1, 0.15) is 18.7 Å². The number of rotatable bonds is 9. The molecule has 0 fully saturated rings. The van der Waals surface area contributed by atoms with E-state index in [1.807, 2.05) is 6.92 Å². The maximum atomic E-state index is 13.1. The monoisotopic (exact) mass is 373 g/mol. The van der Waals surface area contributed by atoms with Crippen LogP contribution in [0.4, 0.5) is 4.79 Å². The lowest BCUT2D eigenvalue weighted by molar-refractivity contribution is -0.147. The molecular weight excluding hydrogens is 350 g/mol. The molecule has 2 aromatic heterocycles. The molecule has 2 aromatic rings. The molecule has 0 aliphatic rings. The number of carbonyl (C=O) groups is 3. The van der Waals surface area contributed by atoms with Crippen molar-refractivity contribution in [2.75, 3.05) is 6.61 Å². The molecule has 0 N–H and O–H groups in total. The molecule has 2 heterocycles. The van der Waals surface area contributed by atoms with Crippen LogP contribution in [-0.2, 0) is 20.9 Å². The number of aromatic nitrogens is 2. The van der Waals surface area contributed by atoms with Crippen molar-refractivity contribution in [2.24, 2.45) is 5.92 Å². The van der Waals surface area contributed by atoms with E-state index >= 15 is 0 Å². The molecule has 0 spiro atoms. The normalized spacial score (nSPS) is 11.6. The fraction of sp³-hybridized carbons (Fsp3) is 0.368. The molecule has 0 bridgehead atoms. The topological polar surface area (TPSA) is 94.6 Å². The quantitative estimate of drug-likeness (QED) is 0.495. The second kappa shape index (κ2) is 10.1. The maximum Gasteiger partial charge on any atom is 0.336 e. The van der Waals surface area contributed by atoms with Crippen molar-refractivity contribution in [3.63, 3.8) is 0 Å². The first-order valence-corrected chi connectivity index (χ1v) is 8.69. The number of hydrogen-bond donors (Lipinski definition) is 0. The van der Waals surface area contributed by atoms with Crippen molar-refractivity contribution in [3.8, 4) is 0 Å². The molecule has 0 aliphatic carbocycles. The van der Waals surface area contributed by atoms with Gasteiger partial charge in [0.15, 0.2) is 0 Å². The largest absolute Gasteiger partial charge is 0.467 e. The van der Waals surface area contributed by atoms with Gasteiger partial charge in [-0.15, -0.1) is 6.58 Å². The van der Waals surface area contributed by atoms with E-state index in [1.54, 1.807) is 18.2 Å². The lowest BCUT2D eigenvalue weighted by Gasteiger charge is -2.24. The highest BCUT2D eigenvalue weighted by Gasteiger charge is 2.30. The minimum absolute atomic E-state index is 0.0423. The van der Waals surface area contributed by atoms with Crippen LogP contribution in [0.1, 0.15) is 31.9 Å². The summed E-state index contributed by atoms with van der Waals surface area (Å²) in [6.45, 7) is 5.35. The standard InChI is InChI=1S/C19H23N3O5/c1-3-6-15(13-27-17(23)7-4-2)18(24)22(12-16-8-5-11-26-16)19(25)21-10-9-20-14-21/h3,5,8-11,14-15H,1,4,6-7,12-13H2,2H3. The first-order valence-electron chi connectivity index (χ1n) is 8.69. The highest BCUT2D eigenvalue weighted by molar-refractivity contribution is 5.96. The highest BCUT2D eigenvalue weighted by Crippen LogP contribution is 2.16. The van der Waals surface area contributed by atoms with Gasteiger partial charge in [-0.3, -0.25) is 19.1 Å². The van der Waals surface area contributed by atoms with Gasteiger partial charge < -0.3 is 9.15 Å². The minimum atomic E-state index is -0.717. The Bertz CT molecular complexity index is 752. The number of hydrogen-bond acceptors (Lipinski definition) is 6. The molecule has 144 valence electrons. The van der Waals surface area contributed by atoms with Crippen LogP contribution in [0.3, 0.4) is 0 Å². The number of nitrogens with zero attached hydrogens (tertiary/aromatic N) is 3. The number of allylic oxidation sites excluding steroid dienone is 1. The van der Waals surface area contributed by atoms with Gasteiger partial charge in [-0.25, -0.2) is 9.78 Å². The first-order chi connectivity index (χ1) is 13.1. The van der Waals surface area contributed by atoms with Gasteiger partial charge in [0, 0.05) is 18.8 Å². The van der Waals surface area contributed by atoms with Gasteiger partial charge in [-0.2, -0.15) is 0 Å². The van der Waals surface area contributed by atoms with Crippen molar-refractivity contribution < 1.29 is 23.5 Å². The van der Waals surface area contributed by atoms with Crippen LogP contribution < -0.4 is 0 Å². The smallest absolute Gasteiger partial charge is 0.336 e. The summed E-state index contributed by atoms with van der Waals surface area (Å²) in [6.07, 6.45) is 8.44. The summed E-state index contributed by atoms with van der Waals surface area (Å²) in [5.74, 6) is -1.12. The lowest BCUT2D eigenvalue weighted by Crippen LogP contribution is -2.43. The fourth-order valence-corrected chi connectivity index (χ4v) is 2.44. The van der Waals surface area contributed by atoms with E-state index in [2.05, 4.69) is 11.6 Å². The van der Waals surface area contributed by atoms with E-state index in [4.69, 9.17) is 9.15 Å². The molecule has 2 rings (SSSR count). The Balaban J connectivity index is 2.19. The van der Waals surface area contributed by atoms with Crippen LogP contribution in [-0.4, -0.2) is 39.0 Å². The average Bonchev–Trinajstić information content (AvgIpc) is 3.36. The zero-order chi connectivity index (χ0) is 19.6. The van der Waals surface area contributed by atoms with Crippen molar-refractivity contribution >= 4 is 17.9 Å². The minimum Gasteiger partial charge on any atom is -0.467 e. The molecule has 2 amide bonds. The Labute approximate surface area is 157 Å². The van der Waals surface area contributed by atoms with Crippen molar-refractivity contribution in [2.45, 2.75) is 32.7 Å². The number of esters is 1. The molecular formula is C19H23N3O5. The first kappa shape index (κ1) is 20.2. The molecule has 1 unspecified atom stereocenters. The van der Waals surface area contributed by atoms with Crippen LogP contribution in [0.5, 0.6) is 0 Å². The van der Waals surface area contributed by atoms with Gasteiger partial charge in [-0.05, 0) is 25.0 Å². The summed E-state index contributed by atoms with van der Waals surface area (Å²) in [6, 6.07) is 2.78. The molecule has 8 heteroatoms. The zero-order valence-electron chi connectivity index (χ0n) is 15.2. The van der Waals surface area contributed by atoms with Crippen LogP contribution in [0, 0.1) is 5.92 Å². The number of amides is 2. The maximum absolute atomic E-state index is 13.1. The predicted octanol–water partition coefficient (Wildman–Crippen LogP) is 3.01. The summed E-state index contributed by atoms with van der Waals surface area (Å²) in [4.78, 5) is 42.4. The van der Waals surface area contributed by atoms with E-state index in [9.17, 15) is 14.4 Å². The summed E-state index contributed by atoms with van der Waals surface area (Å²) in [7, 11) is 0. The van der Waals surface area contributed by atoms with E-state index < -0.39 is 17.9 Å². The number of imidazole rings is 1. The van der Waals surface area contributed by atoms with E-state index in [1.165, 1.54) is 29.6 Å². The number of carbonyl (C=O) groups excluding carboxylic acids is 3. The molecule has 0 aliphatic heterocycles. The van der Waals surface area contributed by atoms with Gasteiger partial charge in [0.2, 0.25) is 5.91 Å². The lowest BCUT2D eigenvalue weighted by atomic mass is 10.0. The Morgan fingerprint density at radius 1 is 1.44 bits per heavy atom. The number of imide groups is 1. The number of ether oxygens (including phenoxy) is 1. The van der Waals surface area contributed by atoms with Crippen molar-refractivity contribution in [3.05, 3.63) is 55.5 Å². The molecule has 0 saturated carbocycles. The average molecular weight is 373 g/mol. The predicted molar refractivity (Wildman–Crippen MR) is 96.5 cm³/mol. The fourth-order valence-electron chi connectivity index (χ4n) is 2.44. The van der Waals surface area contributed by atoms with Gasteiger partial charge in [-0.1, -0.05) is 13.0 Å². The second-order valence-corrected chi connectivity index (χ2v) is 5.91. The van der Waals surface area contributed by atoms with Gasteiger partial charge in [0.05, 0.1) is 18.7 Å². The summed E-state index contributed by atoms with van der Waals surface area (Å²) >= 11 is 0. The zero-order valence-corrected chi connectivity index (χ0v) is 15.2. The van der Waals surface area contributed by atoms with Crippen molar-refractivity contribution in [1.29, 1.82) is 0 Å². The second-order valence-electron chi connectivity index (χ2n) is 5.91.